The Labute approximate surface area is 144 Å². The van der Waals surface area contributed by atoms with Crippen molar-refractivity contribution in [2.75, 3.05) is 46.0 Å². The summed E-state index contributed by atoms with van der Waals surface area (Å²) in [6, 6.07) is 0. The molecule has 3 heterocycles. The topological polar surface area (TPSA) is 76.2 Å². The number of fused-ring (bicyclic) bond motifs is 1. The van der Waals surface area contributed by atoms with Crippen LogP contribution < -0.4 is 0 Å². The van der Waals surface area contributed by atoms with Crippen molar-refractivity contribution >= 4 is 17.8 Å². The third-order valence-corrected chi connectivity index (χ3v) is 5.20. The molecular weight excluding hydrogens is 338 g/mol. The summed E-state index contributed by atoms with van der Waals surface area (Å²) in [4.78, 5) is 37.3. The fourth-order valence-corrected chi connectivity index (χ4v) is 3.77. The minimum absolute atomic E-state index is 0.172. The van der Waals surface area contributed by atoms with Crippen LogP contribution in [0.15, 0.2) is 0 Å². The van der Waals surface area contributed by atoms with E-state index in [2.05, 4.69) is 4.74 Å². The molecule has 9 heteroatoms. The number of carbonyl (C=O) groups is 3. The molecular formula is C16H22F2N2O5. The summed E-state index contributed by atoms with van der Waals surface area (Å²) >= 11 is 0. The normalized spacial score (nSPS) is 32.8. The maximum absolute atomic E-state index is 15.2. The first kappa shape index (κ1) is 18.0. The molecule has 2 amide bonds. The van der Waals surface area contributed by atoms with E-state index in [0.717, 1.165) is 24.7 Å². The standard InChI is InChI=1S/C16H22F2N2O5/c1-11(21)25-7-13(22)20-9-15(17)8-19(14(23)16(15,18)10-20)6-12-2-4-24-5-3-12/h12H,2-10H2,1H3/t15-,16-/m1/s1. The van der Waals surface area contributed by atoms with Gasteiger partial charge in [-0.15, -0.1) is 0 Å². The number of halogens is 2. The number of amides is 2. The van der Waals surface area contributed by atoms with Crippen LogP contribution in [0.1, 0.15) is 19.8 Å². The van der Waals surface area contributed by atoms with Gasteiger partial charge in [0.05, 0.1) is 19.6 Å². The Bertz CT molecular complexity index is 583. The number of alkyl halides is 2. The van der Waals surface area contributed by atoms with Crippen LogP contribution in [0.4, 0.5) is 8.78 Å². The van der Waals surface area contributed by atoms with Gasteiger partial charge in [-0.3, -0.25) is 14.4 Å². The average Bonchev–Trinajstić information content (AvgIpc) is 2.93. The van der Waals surface area contributed by atoms with Crippen molar-refractivity contribution < 1.29 is 32.6 Å². The molecule has 0 saturated carbocycles. The average molecular weight is 360 g/mol. The predicted molar refractivity (Wildman–Crippen MR) is 81.0 cm³/mol. The van der Waals surface area contributed by atoms with E-state index in [4.69, 9.17) is 4.74 Å². The van der Waals surface area contributed by atoms with E-state index in [9.17, 15) is 14.4 Å². The van der Waals surface area contributed by atoms with Crippen LogP contribution in [0.2, 0.25) is 0 Å². The summed E-state index contributed by atoms with van der Waals surface area (Å²) < 4.78 is 40.2. The van der Waals surface area contributed by atoms with Crippen LogP contribution in [0.25, 0.3) is 0 Å². The van der Waals surface area contributed by atoms with Gasteiger partial charge in [0, 0.05) is 26.7 Å². The second-order valence-electron chi connectivity index (χ2n) is 7.04. The Balaban J connectivity index is 1.64. The first-order valence-corrected chi connectivity index (χ1v) is 8.41. The second kappa shape index (κ2) is 6.51. The second-order valence-corrected chi connectivity index (χ2v) is 7.04. The van der Waals surface area contributed by atoms with E-state index < -0.39 is 48.8 Å². The SMILES string of the molecule is CC(=O)OCC(=O)N1C[C@]2(F)CN(CC3CCOCC3)C(=O)[C@]2(F)C1. The van der Waals surface area contributed by atoms with Crippen molar-refractivity contribution in [1.29, 1.82) is 0 Å². The Morgan fingerprint density at radius 3 is 2.52 bits per heavy atom. The smallest absolute Gasteiger partial charge is 0.303 e. The molecule has 0 bridgehead atoms. The zero-order chi connectivity index (χ0) is 18.2. The minimum Gasteiger partial charge on any atom is -0.456 e. The highest BCUT2D eigenvalue weighted by Crippen LogP contribution is 2.45. The Morgan fingerprint density at radius 1 is 1.24 bits per heavy atom. The van der Waals surface area contributed by atoms with Crippen LogP contribution in [0, 0.1) is 5.92 Å². The molecule has 3 fully saturated rings. The van der Waals surface area contributed by atoms with Gasteiger partial charge in [-0.05, 0) is 18.8 Å². The highest BCUT2D eigenvalue weighted by Gasteiger charge is 2.71. The molecule has 0 radical (unpaired) electrons. The number of likely N-dealkylation sites (tertiary alicyclic amines) is 2. The molecule has 0 aliphatic carbocycles. The molecule has 3 aliphatic heterocycles. The van der Waals surface area contributed by atoms with Crippen molar-refractivity contribution in [2.45, 2.75) is 31.1 Å². The quantitative estimate of drug-likeness (QED) is 0.664. The van der Waals surface area contributed by atoms with Gasteiger partial charge in [-0.25, -0.2) is 8.78 Å². The van der Waals surface area contributed by atoms with E-state index in [-0.39, 0.29) is 12.5 Å². The number of carbonyl (C=O) groups excluding carboxylic acids is 3. The summed E-state index contributed by atoms with van der Waals surface area (Å²) in [5.41, 5.74) is -5.16. The number of hydrogen-bond acceptors (Lipinski definition) is 5. The molecule has 0 unspecified atom stereocenters. The Hall–Kier alpha value is -1.77. The van der Waals surface area contributed by atoms with Crippen LogP contribution in [-0.2, 0) is 23.9 Å². The maximum Gasteiger partial charge on any atom is 0.303 e. The summed E-state index contributed by atoms with van der Waals surface area (Å²) in [6.07, 6.45) is 1.52. The molecule has 2 atom stereocenters. The lowest BCUT2D eigenvalue weighted by molar-refractivity contribution is -0.150. The molecule has 3 rings (SSSR count). The maximum atomic E-state index is 15.2. The lowest BCUT2D eigenvalue weighted by Crippen LogP contribution is -2.48. The third-order valence-electron chi connectivity index (χ3n) is 5.20. The first-order valence-electron chi connectivity index (χ1n) is 8.41. The van der Waals surface area contributed by atoms with Crippen molar-refractivity contribution in [3.63, 3.8) is 0 Å². The van der Waals surface area contributed by atoms with Gasteiger partial charge >= 0.3 is 5.97 Å². The molecule has 0 spiro atoms. The molecule has 3 aliphatic rings. The molecule has 3 saturated heterocycles. The number of hydrogen-bond donors (Lipinski definition) is 0. The van der Waals surface area contributed by atoms with E-state index in [1.54, 1.807) is 0 Å². The van der Waals surface area contributed by atoms with Gasteiger partial charge in [0.15, 0.2) is 12.3 Å². The Morgan fingerprint density at radius 2 is 1.92 bits per heavy atom. The van der Waals surface area contributed by atoms with E-state index >= 15 is 8.78 Å². The van der Waals surface area contributed by atoms with Gasteiger partial charge in [0.25, 0.3) is 11.8 Å². The first-order chi connectivity index (χ1) is 11.7. The fraction of sp³-hybridized carbons (Fsp3) is 0.812. The lowest BCUT2D eigenvalue weighted by atomic mass is 9.93. The monoisotopic (exact) mass is 360 g/mol. The zero-order valence-corrected chi connectivity index (χ0v) is 14.1. The fourth-order valence-electron chi connectivity index (χ4n) is 3.77. The van der Waals surface area contributed by atoms with Gasteiger partial charge in [-0.2, -0.15) is 0 Å². The third kappa shape index (κ3) is 3.21. The molecule has 0 aromatic carbocycles. The Kier molecular flexibility index (Phi) is 4.70. The van der Waals surface area contributed by atoms with Gasteiger partial charge in [-0.1, -0.05) is 0 Å². The van der Waals surface area contributed by atoms with Crippen LogP contribution in [0.5, 0.6) is 0 Å². The van der Waals surface area contributed by atoms with Crippen molar-refractivity contribution in [1.82, 2.24) is 9.80 Å². The van der Waals surface area contributed by atoms with Crippen LogP contribution >= 0.6 is 0 Å². The zero-order valence-electron chi connectivity index (χ0n) is 14.1. The summed E-state index contributed by atoms with van der Waals surface area (Å²) in [7, 11) is 0. The van der Waals surface area contributed by atoms with Crippen molar-refractivity contribution in [3.05, 3.63) is 0 Å². The van der Waals surface area contributed by atoms with Crippen LogP contribution in [0.3, 0.4) is 0 Å². The highest BCUT2D eigenvalue weighted by atomic mass is 19.2. The van der Waals surface area contributed by atoms with E-state index in [1.807, 2.05) is 0 Å². The van der Waals surface area contributed by atoms with Gasteiger partial charge in [0.2, 0.25) is 5.67 Å². The number of ether oxygens (including phenoxy) is 2. The molecule has 140 valence electrons. The number of esters is 1. The molecule has 0 aromatic rings. The van der Waals surface area contributed by atoms with E-state index in [0.29, 0.717) is 19.8 Å². The summed E-state index contributed by atoms with van der Waals surface area (Å²) in [6.45, 7) is 0.516. The summed E-state index contributed by atoms with van der Waals surface area (Å²) in [5.74, 6) is -2.09. The largest absolute Gasteiger partial charge is 0.456 e. The molecule has 0 aromatic heterocycles. The minimum atomic E-state index is -2.73. The van der Waals surface area contributed by atoms with Crippen LogP contribution in [-0.4, -0.2) is 84.9 Å². The lowest BCUT2D eigenvalue weighted by Gasteiger charge is -2.28. The van der Waals surface area contributed by atoms with E-state index in [1.165, 1.54) is 4.90 Å². The molecule has 0 N–H and O–H groups in total. The van der Waals surface area contributed by atoms with Gasteiger partial charge in [0.1, 0.15) is 0 Å². The van der Waals surface area contributed by atoms with Gasteiger partial charge < -0.3 is 19.3 Å². The van der Waals surface area contributed by atoms with Crippen molar-refractivity contribution in [3.8, 4) is 0 Å². The highest BCUT2D eigenvalue weighted by molar-refractivity contribution is 5.92. The predicted octanol–water partition coefficient (Wildman–Crippen LogP) is 0.0771. The van der Waals surface area contributed by atoms with Crippen molar-refractivity contribution in [2.24, 2.45) is 5.92 Å². The molecule has 7 nitrogen and oxygen atoms in total. The number of rotatable bonds is 4. The summed E-state index contributed by atoms with van der Waals surface area (Å²) in [5, 5.41) is 0. The number of nitrogens with zero attached hydrogens (tertiary/aromatic N) is 2. The molecule has 25 heavy (non-hydrogen) atoms.